The molecule has 1 saturated heterocycles. The molecule has 6 nitrogen and oxygen atoms in total. The van der Waals surface area contributed by atoms with Gasteiger partial charge in [-0.3, -0.25) is 0 Å². The molecule has 184 valence electrons. The first-order chi connectivity index (χ1) is 15.7. The van der Waals surface area contributed by atoms with Crippen LogP contribution in [0.15, 0.2) is 46.9 Å². The monoisotopic (exact) mass is 545 g/mol. The van der Waals surface area contributed by atoms with Gasteiger partial charge in [-0.2, -0.15) is 13.2 Å². The number of hydrogen-bond donors (Lipinski definition) is 3. The van der Waals surface area contributed by atoms with E-state index >= 15 is 0 Å². The fourth-order valence-corrected chi connectivity index (χ4v) is 4.90. The lowest BCUT2D eigenvalue weighted by Crippen LogP contribution is -2.54. The van der Waals surface area contributed by atoms with Crippen LogP contribution in [0.5, 0.6) is 0 Å². The highest BCUT2D eigenvalue weighted by atomic mass is 79.9. The van der Waals surface area contributed by atoms with Crippen molar-refractivity contribution in [2.24, 2.45) is 5.41 Å². The molecule has 1 unspecified atom stereocenters. The van der Waals surface area contributed by atoms with E-state index < -0.39 is 53.1 Å². The molecule has 2 aromatic carbocycles. The summed E-state index contributed by atoms with van der Waals surface area (Å²) in [4.78, 5) is 26.1. The van der Waals surface area contributed by atoms with Crippen molar-refractivity contribution in [2.75, 3.05) is 11.9 Å². The zero-order chi connectivity index (χ0) is 25.4. The summed E-state index contributed by atoms with van der Waals surface area (Å²) in [6.07, 6.45) is -5.77. The standard InChI is InChI=1S/C23H24BrF4N3O3/c1-22(2,3)19-18(17(11-31(19)21(33)34)12-4-6-15(25)7-5-12)30-20(32)29-16-9-13(23(26,27)28)8-14(24)10-16/h4-10,17-19H,11H2,1-3H3,(H,33,34)(H2,29,30,32)/t17-,18-,19?/m0/s1. The number of rotatable bonds is 3. The van der Waals surface area contributed by atoms with Crippen LogP contribution >= 0.6 is 15.9 Å². The molecule has 2 aromatic rings. The maximum Gasteiger partial charge on any atom is 0.416 e. The van der Waals surface area contributed by atoms with Gasteiger partial charge in [-0.05, 0) is 41.3 Å². The summed E-state index contributed by atoms with van der Waals surface area (Å²) >= 11 is 3.01. The number of likely N-dealkylation sites (tertiary alicyclic amines) is 1. The lowest BCUT2D eigenvalue weighted by Gasteiger charge is -2.37. The molecule has 11 heteroatoms. The Hall–Kier alpha value is -2.82. The number of urea groups is 1. The van der Waals surface area contributed by atoms with Crippen molar-refractivity contribution in [3.05, 3.63) is 63.9 Å². The van der Waals surface area contributed by atoms with Crippen molar-refractivity contribution in [1.29, 1.82) is 0 Å². The molecule has 3 atom stereocenters. The van der Waals surface area contributed by atoms with Gasteiger partial charge >= 0.3 is 18.3 Å². The van der Waals surface area contributed by atoms with Crippen molar-refractivity contribution in [1.82, 2.24) is 10.2 Å². The van der Waals surface area contributed by atoms with Crippen LogP contribution in [0.4, 0.5) is 32.8 Å². The van der Waals surface area contributed by atoms with Crippen LogP contribution in [0.1, 0.15) is 37.8 Å². The molecule has 0 aromatic heterocycles. The van der Waals surface area contributed by atoms with Gasteiger partial charge in [0.25, 0.3) is 0 Å². The second-order valence-electron chi connectivity index (χ2n) is 9.25. The minimum absolute atomic E-state index is 0.0585. The average molecular weight is 546 g/mol. The van der Waals surface area contributed by atoms with Crippen molar-refractivity contribution >= 4 is 33.7 Å². The van der Waals surface area contributed by atoms with Crippen LogP contribution in [0, 0.1) is 11.2 Å². The SMILES string of the molecule is CC(C)(C)C1[C@@H](NC(=O)Nc2cc(Br)cc(C(F)(F)F)c2)[C@H](c2ccc(F)cc2)CN1C(=O)O. The molecule has 0 aliphatic carbocycles. The molecule has 1 aliphatic heterocycles. The molecule has 1 heterocycles. The predicted molar refractivity (Wildman–Crippen MR) is 122 cm³/mol. The van der Waals surface area contributed by atoms with Crippen molar-refractivity contribution < 1.29 is 32.3 Å². The Bertz CT molecular complexity index is 1070. The Labute approximate surface area is 202 Å². The number of benzene rings is 2. The summed E-state index contributed by atoms with van der Waals surface area (Å²) in [7, 11) is 0. The van der Waals surface area contributed by atoms with Gasteiger partial charge in [-0.15, -0.1) is 0 Å². The highest BCUT2D eigenvalue weighted by molar-refractivity contribution is 9.10. The largest absolute Gasteiger partial charge is 0.465 e. The van der Waals surface area contributed by atoms with E-state index in [-0.39, 0.29) is 16.7 Å². The van der Waals surface area contributed by atoms with E-state index in [1.54, 1.807) is 0 Å². The molecule has 1 fully saturated rings. The fourth-order valence-electron chi connectivity index (χ4n) is 4.40. The molecular weight excluding hydrogens is 522 g/mol. The van der Waals surface area contributed by atoms with Crippen molar-refractivity contribution in [3.8, 4) is 0 Å². The van der Waals surface area contributed by atoms with Crippen LogP contribution in [-0.4, -0.2) is 40.8 Å². The number of carbonyl (C=O) groups is 2. The van der Waals surface area contributed by atoms with Gasteiger partial charge in [0.15, 0.2) is 0 Å². The number of nitrogens with one attached hydrogen (secondary N) is 2. The van der Waals surface area contributed by atoms with Crippen LogP contribution in [-0.2, 0) is 6.18 Å². The molecule has 0 spiro atoms. The van der Waals surface area contributed by atoms with Gasteiger partial charge < -0.3 is 20.6 Å². The molecular formula is C23H24BrF4N3O3. The summed E-state index contributed by atoms with van der Waals surface area (Å²) < 4.78 is 53.0. The van der Waals surface area contributed by atoms with E-state index in [9.17, 15) is 32.3 Å². The molecule has 0 radical (unpaired) electrons. The van der Waals surface area contributed by atoms with Crippen molar-refractivity contribution in [3.63, 3.8) is 0 Å². The van der Waals surface area contributed by atoms with Gasteiger partial charge in [-0.25, -0.2) is 14.0 Å². The van der Waals surface area contributed by atoms with Gasteiger partial charge in [0.1, 0.15) is 5.82 Å². The van der Waals surface area contributed by atoms with E-state index in [1.807, 2.05) is 20.8 Å². The van der Waals surface area contributed by atoms with E-state index in [0.29, 0.717) is 5.56 Å². The van der Waals surface area contributed by atoms with Gasteiger partial charge in [0, 0.05) is 22.6 Å². The van der Waals surface area contributed by atoms with E-state index in [0.717, 1.165) is 12.1 Å². The zero-order valence-corrected chi connectivity index (χ0v) is 20.2. The molecule has 0 bridgehead atoms. The summed E-state index contributed by atoms with van der Waals surface area (Å²) in [6.45, 7) is 5.55. The summed E-state index contributed by atoms with van der Waals surface area (Å²) in [5.74, 6) is -0.957. The lowest BCUT2D eigenvalue weighted by atomic mass is 9.79. The highest BCUT2D eigenvalue weighted by Crippen LogP contribution is 2.40. The minimum atomic E-state index is -4.60. The van der Waals surface area contributed by atoms with Crippen LogP contribution in [0.25, 0.3) is 0 Å². The average Bonchev–Trinajstić information content (AvgIpc) is 3.07. The number of carbonyl (C=O) groups excluding carboxylic acids is 1. The maximum absolute atomic E-state index is 13.5. The fraction of sp³-hybridized carbons (Fsp3) is 0.391. The Morgan fingerprint density at radius 2 is 1.71 bits per heavy atom. The topological polar surface area (TPSA) is 81.7 Å². The van der Waals surface area contributed by atoms with Gasteiger partial charge in [0.05, 0.1) is 17.6 Å². The van der Waals surface area contributed by atoms with Crippen LogP contribution in [0.2, 0.25) is 0 Å². The van der Waals surface area contributed by atoms with E-state index in [4.69, 9.17) is 0 Å². The summed E-state index contributed by atoms with van der Waals surface area (Å²) in [5, 5.41) is 15.0. The first kappa shape index (κ1) is 25.8. The molecule has 34 heavy (non-hydrogen) atoms. The molecule has 1 aliphatic rings. The number of carboxylic acid groups (broad SMARTS) is 1. The van der Waals surface area contributed by atoms with Crippen LogP contribution < -0.4 is 10.6 Å². The first-order valence-electron chi connectivity index (χ1n) is 10.4. The normalized spacial score (nSPS) is 20.8. The van der Waals surface area contributed by atoms with E-state index in [1.165, 1.54) is 35.2 Å². The Balaban J connectivity index is 1.93. The molecule has 3 N–H and O–H groups in total. The quantitative estimate of drug-likeness (QED) is 0.396. The van der Waals surface area contributed by atoms with E-state index in [2.05, 4.69) is 26.6 Å². The Kier molecular flexibility index (Phi) is 7.16. The second-order valence-corrected chi connectivity index (χ2v) is 10.2. The number of amides is 3. The zero-order valence-electron chi connectivity index (χ0n) is 18.6. The number of anilines is 1. The smallest absolute Gasteiger partial charge is 0.416 e. The summed E-state index contributed by atoms with van der Waals surface area (Å²) in [6, 6.07) is 6.42. The Morgan fingerprint density at radius 1 is 1.09 bits per heavy atom. The lowest BCUT2D eigenvalue weighted by molar-refractivity contribution is -0.137. The van der Waals surface area contributed by atoms with Crippen LogP contribution in [0.3, 0.4) is 0 Å². The summed E-state index contributed by atoms with van der Waals surface area (Å²) in [5.41, 5.74) is -0.985. The van der Waals surface area contributed by atoms with Crippen molar-refractivity contribution in [2.45, 2.75) is 44.9 Å². The highest BCUT2D eigenvalue weighted by Gasteiger charge is 2.50. The van der Waals surface area contributed by atoms with Gasteiger partial charge in [0.2, 0.25) is 0 Å². The Morgan fingerprint density at radius 3 is 2.24 bits per heavy atom. The number of halogens is 5. The maximum atomic E-state index is 13.5. The third kappa shape index (κ3) is 5.81. The minimum Gasteiger partial charge on any atom is -0.465 e. The second kappa shape index (κ2) is 9.44. The van der Waals surface area contributed by atoms with Gasteiger partial charge in [-0.1, -0.05) is 48.8 Å². The predicted octanol–water partition coefficient (Wildman–Crippen LogP) is 6.29. The molecule has 3 amide bonds. The third-order valence-electron chi connectivity index (χ3n) is 5.71. The number of nitrogens with zero attached hydrogens (tertiary/aromatic N) is 1. The third-order valence-corrected chi connectivity index (χ3v) is 6.17. The number of hydrogen-bond acceptors (Lipinski definition) is 2. The number of alkyl halides is 3. The molecule has 0 saturated carbocycles. The molecule has 3 rings (SSSR count). The first-order valence-corrected chi connectivity index (χ1v) is 11.2.